The Morgan fingerprint density at radius 3 is 2.76 bits per heavy atom. The van der Waals surface area contributed by atoms with Crippen molar-refractivity contribution >= 4 is 37.6 Å². The van der Waals surface area contributed by atoms with Gasteiger partial charge in [-0.3, -0.25) is 0 Å². The number of halogens is 3. The first-order valence-corrected chi connectivity index (χ1v) is 9.11. The van der Waals surface area contributed by atoms with Crippen molar-refractivity contribution in [2.45, 2.75) is 30.4 Å². The molecule has 0 saturated carbocycles. The van der Waals surface area contributed by atoms with E-state index in [-0.39, 0.29) is 23.9 Å². The van der Waals surface area contributed by atoms with E-state index >= 15 is 0 Å². The van der Waals surface area contributed by atoms with Crippen LogP contribution in [0.25, 0.3) is 0 Å². The van der Waals surface area contributed by atoms with Crippen molar-refractivity contribution < 1.29 is 17.5 Å². The second kappa shape index (κ2) is 6.12. The Balaban J connectivity index is 2.38. The largest absolute Gasteiger partial charge is 0.368 e. The van der Waals surface area contributed by atoms with Crippen LogP contribution in [0.3, 0.4) is 0 Å². The van der Waals surface area contributed by atoms with Gasteiger partial charge < -0.3 is 4.74 Å². The molecular weight excluding hydrogens is 385 g/mol. The number of ether oxygens (including phenoxy) is 1. The third-order valence-electron chi connectivity index (χ3n) is 3.13. The standard InChI is InChI=1S/C13H16BrClFNO3S/c1-13(2)8-17(7-10(6-15)20-13)21(18,19)12-4-3-9(14)5-11(12)16/h3-5,10H,6-8H2,1-2H3. The van der Waals surface area contributed by atoms with Gasteiger partial charge in [-0.05, 0) is 32.0 Å². The van der Waals surface area contributed by atoms with Gasteiger partial charge in [-0.2, -0.15) is 4.31 Å². The Morgan fingerprint density at radius 2 is 2.19 bits per heavy atom. The Hall–Kier alpha value is -0.210. The van der Waals surface area contributed by atoms with Crippen molar-refractivity contribution in [3.8, 4) is 0 Å². The molecule has 1 saturated heterocycles. The van der Waals surface area contributed by atoms with Crippen LogP contribution in [-0.4, -0.2) is 43.4 Å². The molecule has 0 aromatic heterocycles. The molecule has 0 amide bonds. The minimum Gasteiger partial charge on any atom is -0.368 e. The van der Waals surface area contributed by atoms with E-state index in [1.54, 1.807) is 13.8 Å². The first kappa shape index (κ1) is 17.1. The molecule has 118 valence electrons. The van der Waals surface area contributed by atoms with Gasteiger partial charge >= 0.3 is 0 Å². The van der Waals surface area contributed by atoms with E-state index in [0.29, 0.717) is 4.47 Å². The average molecular weight is 401 g/mol. The second-order valence-corrected chi connectivity index (χ2v) is 8.66. The lowest BCUT2D eigenvalue weighted by Gasteiger charge is -2.41. The van der Waals surface area contributed by atoms with Gasteiger partial charge in [-0.15, -0.1) is 11.6 Å². The fraction of sp³-hybridized carbons (Fsp3) is 0.538. The van der Waals surface area contributed by atoms with Crippen molar-refractivity contribution in [3.05, 3.63) is 28.5 Å². The first-order chi connectivity index (χ1) is 9.65. The Kier molecular flexibility index (Phi) is 5.00. The van der Waals surface area contributed by atoms with Gasteiger partial charge in [-0.1, -0.05) is 15.9 Å². The van der Waals surface area contributed by atoms with Crippen LogP contribution < -0.4 is 0 Å². The third kappa shape index (κ3) is 3.76. The molecule has 1 aromatic rings. The van der Waals surface area contributed by atoms with Crippen LogP contribution in [0.4, 0.5) is 4.39 Å². The highest BCUT2D eigenvalue weighted by molar-refractivity contribution is 9.10. The van der Waals surface area contributed by atoms with Gasteiger partial charge in [0.2, 0.25) is 10.0 Å². The fourth-order valence-corrected chi connectivity index (χ4v) is 4.49. The van der Waals surface area contributed by atoms with Crippen LogP contribution in [0.2, 0.25) is 0 Å². The van der Waals surface area contributed by atoms with Gasteiger partial charge in [-0.25, -0.2) is 12.8 Å². The Bertz CT molecular complexity index is 638. The summed E-state index contributed by atoms with van der Waals surface area (Å²) < 4.78 is 46.7. The summed E-state index contributed by atoms with van der Waals surface area (Å²) in [6.45, 7) is 3.83. The number of benzene rings is 1. The van der Waals surface area contributed by atoms with Crippen LogP contribution in [-0.2, 0) is 14.8 Å². The fourth-order valence-electron chi connectivity index (χ4n) is 2.33. The van der Waals surface area contributed by atoms with Crippen molar-refractivity contribution in [1.82, 2.24) is 4.31 Å². The lowest BCUT2D eigenvalue weighted by atomic mass is 10.1. The summed E-state index contributed by atoms with van der Waals surface area (Å²) in [5, 5.41) is 0. The summed E-state index contributed by atoms with van der Waals surface area (Å²) in [6, 6.07) is 3.89. The summed E-state index contributed by atoms with van der Waals surface area (Å²) in [5.41, 5.74) is -0.670. The molecule has 1 aromatic carbocycles. The number of nitrogens with zero attached hydrogens (tertiary/aromatic N) is 1. The molecule has 2 rings (SSSR count). The topological polar surface area (TPSA) is 46.6 Å². The molecule has 0 N–H and O–H groups in total. The number of rotatable bonds is 3. The van der Waals surface area contributed by atoms with E-state index in [0.717, 1.165) is 6.07 Å². The van der Waals surface area contributed by atoms with Crippen molar-refractivity contribution in [1.29, 1.82) is 0 Å². The predicted molar refractivity (Wildman–Crippen MR) is 82.5 cm³/mol. The monoisotopic (exact) mass is 399 g/mol. The molecule has 1 atom stereocenters. The van der Waals surface area contributed by atoms with Crippen LogP contribution in [0.1, 0.15) is 13.8 Å². The van der Waals surface area contributed by atoms with Crippen molar-refractivity contribution in [2.75, 3.05) is 19.0 Å². The minimum atomic E-state index is -3.92. The van der Waals surface area contributed by atoms with Crippen LogP contribution in [0, 0.1) is 5.82 Å². The zero-order valence-electron chi connectivity index (χ0n) is 11.6. The van der Waals surface area contributed by atoms with E-state index < -0.39 is 27.5 Å². The zero-order valence-corrected chi connectivity index (χ0v) is 14.8. The minimum absolute atomic E-state index is 0.116. The molecule has 0 aliphatic carbocycles. The maximum atomic E-state index is 14.0. The first-order valence-electron chi connectivity index (χ1n) is 6.35. The molecule has 21 heavy (non-hydrogen) atoms. The number of hydrogen-bond donors (Lipinski definition) is 0. The lowest BCUT2D eigenvalue weighted by molar-refractivity contribution is -0.107. The highest BCUT2D eigenvalue weighted by Gasteiger charge is 2.40. The summed E-state index contributed by atoms with van der Waals surface area (Å²) in [4.78, 5) is -0.336. The zero-order chi connectivity index (χ0) is 15.8. The number of sulfonamides is 1. The molecule has 1 unspecified atom stereocenters. The number of hydrogen-bond acceptors (Lipinski definition) is 3. The molecular formula is C13H16BrClFNO3S. The molecule has 0 spiro atoms. The van der Waals surface area contributed by atoms with Gasteiger partial charge in [0.05, 0.1) is 11.7 Å². The van der Waals surface area contributed by atoms with E-state index in [1.165, 1.54) is 16.4 Å². The molecule has 0 radical (unpaired) electrons. The highest BCUT2D eigenvalue weighted by atomic mass is 79.9. The molecule has 1 aliphatic heterocycles. The van der Waals surface area contributed by atoms with E-state index in [9.17, 15) is 12.8 Å². The summed E-state index contributed by atoms with van der Waals surface area (Å²) in [6.07, 6.45) is -0.413. The summed E-state index contributed by atoms with van der Waals surface area (Å²) >= 11 is 8.91. The van der Waals surface area contributed by atoms with Gasteiger partial charge in [0, 0.05) is 23.4 Å². The summed E-state index contributed by atoms with van der Waals surface area (Å²) in [5.74, 6) is -0.603. The summed E-state index contributed by atoms with van der Waals surface area (Å²) in [7, 11) is -3.92. The van der Waals surface area contributed by atoms with Crippen molar-refractivity contribution in [2.24, 2.45) is 0 Å². The Morgan fingerprint density at radius 1 is 1.52 bits per heavy atom. The van der Waals surface area contributed by atoms with Crippen LogP contribution >= 0.6 is 27.5 Å². The van der Waals surface area contributed by atoms with Crippen LogP contribution in [0.5, 0.6) is 0 Å². The maximum Gasteiger partial charge on any atom is 0.246 e. The average Bonchev–Trinajstić information content (AvgIpc) is 2.36. The van der Waals surface area contributed by atoms with E-state index in [4.69, 9.17) is 16.3 Å². The third-order valence-corrected chi connectivity index (χ3v) is 5.82. The number of alkyl halides is 1. The molecule has 1 aliphatic rings. The number of morpholine rings is 1. The van der Waals surface area contributed by atoms with Crippen LogP contribution in [0.15, 0.2) is 27.6 Å². The second-order valence-electron chi connectivity index (χ2n) is 5.53. The smallest absolute Gasteiger partial charge is 0.246 e. The van der Waals surface area contributed by atoms with E-state index in [1.807, 2.05) is 0 Å². The lowest BCUT2D eigenvalue weighted by Crippen LogP contribution is -2.55. The van der Waals surface area contributed by atoms with Gasteiger partial charge in [0.1, 0.15) is 10.7 Å². The van der Waals surface area contributed by atoms with Gasteiger partial charge in [0.25, 0.3) is 0 Å². The van der Waals surface area contributed by atoms with E-state index in [2.05, 4.69) is 15.9 Å². The van der Waals surface area contributed by atoms with Crippen molar-refractivity contribution in [3.63, 3.8) is 0 Å². The SMILES string of the molecule is CC1(C)CN(S(=O)(=O)c2ccc(Br)cc2F)CC(CCl)O1. The normalized spacial score (nSPS) is 23.2. The predicted octanol–water partition coefficient (Wildman–Crippen LogP) is 3.00. The quantitative estimate of drug-likeness (QED) is 0.733. The molecule has 0 bridgehead atoms. The highest BCUT2D eigenvalue weighted by Crippen LogP contribution is 2.29. The maximum absolute atomic E-state index is 14.0. The Labute approximate surface area is 137 Å². The molecule has 4 nitrogen and oxygen atoms in total. The van der Waals surface area contributed by atoms with Gasteiger partial charge in [0.15, 0.2) is 0 Å². The molecule has 1 heterocycles. The molecule has 8 heteroatoms. The molecule has 1 fully saturated rings.